The largest absolute Gasteiger partial charge is 0.497 e. The van der Waals surface area contributed by atoms with Gasteiger partial charge >= 0.3 is 0 Å². The first kappa shape index (κ1) is 17.0. The average molecular weight is 333 g/mol. The molecular weight excluding hydrogens is 314 g/mol. The van der Waals surface area contributed by atoms with Gasteiger partial charge in [-0.3, -0.25) is 9.59 Å². The van der Waals surface area contributed by atoms with Crippen LogP contribution in [0.2, 0.25) is 0 Å². The highest BCUT2D eigenvalue weighted by Gasteiger charge is 2.18. The third kappa shape index (κ3) is 5.07. The van der Waals surface area contributed by atoms with Crippen molar-refractivity contribution in [3.8, 4) is 5.75 Å². The van der Waals surface area contributed by atoms with Gasteiger partial charge in [-0.2, -0.15) is 0 Å². The van der Waals surface area contributed by atoms with Gasteiger partial charge < -0.3 is 15.4 Å². The number of aromatic nitrogens is 1. The molecule has 7 heteroatoms. The fourth-order valence-corrected chi connectivity index (χ4v) is 2.78. The maximum absolute atomic E-state index is 12.2. The molecule has 0 aliphatic carbocycles. The minimum Gasteiger partial charge on any atom is -0.497 e. The summed E-state index contributed by atoms with van der Waals surface area (Å²) in [6, 6.07) is 6.86. The van der Waals surface area contributed by atoms with Gasteiger partial charge in [-0.1, -0.05) is 12.1 Å². The van der Waals surface area contributed by atoms with Crippen LogP contribution in [0.1, 0.15) is 29.8 Å². The van der Waals surface area contributed by atoms with E-state index in [1.807, 2.05) is 19.1 Å². The van der Waals surface area contributed by atoms with Crippen molar-refractivity contribution in [2.24, 2.45) is 0 Å². The molecule has 1 heterocycles. The summed E-state index contributed by atoms with van der Waals surface area (Å²) in [5, 5.41) is 6.11. The summed E-state index contributed by atoms with van der Waals surface area (Å²) in [6.07, 6.45) is 1.83. The Balaban J connectivity index is 2.07. The molecule has 0 aliphatic rings. The Hall–Kier alpha value is -2.41. The number of nitrogens with zero attached hydrogens (tertiary/aromatic N) is 1. The van der Waals surface area contributed by atoms with Crippen LogP contribution in [0.25, 0.3) is 0 Å². The Morgan fingerprint density at radius 3 is 2.52 bits per heavy atom. The maximum atomic E-state index is 12.2. The zero-order chi connectivity index (χ0) is 16.8. The van der Waals surface area contributed by atoms with Crippen molar-refractivity contribution < 1.29 is 14.3 Å². The second-order valence-corrected chi connectivity index (χ2v) is 6.29. The van der Waals surface area contributed by atoms with E-state index in [0.717, 1.165) is 16.2 Å². The lowest BCUT2D eigenvalue weighted by molar-refractivity contribution is -0.120. The number of anilines is 1. The smallest absolute Gasteiger partial charge is 0.228 e. The first-order valence-electron chi connectivity index (χ1n) is 7.11. The zero-order valence-corrected chi connectivity index (χ0v) is 14.1. The van der Waals surface area contributed by atoms with Crippen molar-refractivity contribution in [3.63, 3.8) is 0 Å². The maximum Gasteiger partial charge on any atom is 0.228 e. The highest BCUT2D eigenvalue weighted by molar-refractivity contribution is 7.15. The number of methoxy groups -OCH3 is 1. The fraction of sp³-hybridized carbons (Fsp3) is 0.312. The molecule has 1 aromatic heterocycles. The molecule has 1 atom stereocenters. The van der Waals surface area contributed by atoms with E-state index in [4.69, 9.17) is 4.74 Å². The van der Waals surface area contributed by atoms with Gasteiger partial charge in [0.2, 0.25) is 11.8 Å². The Morgan fingerprint density at radius 1 is 1.30 bits per heavy atom. The van der Waals surface area contributed by atoms with Gasteiger partial charge in [-0.15, -0.1) is 11.3 Å². The molecular formula is C16H19N3O3S. The number of rotatable bonds is 6. The standard InChI is InChI=1S/C16H19N3O3S/c1-10-9-17-16(23-10)19-15(21)8-14(18-11(2)20)12-4-6-13(22-3)7-5-12/h4-7,9,14H,8H2,1-3H3,(H,18,20)(H,17,19,21). The van der Waals surface area contributed by atoms with Crippen molar-refractivity contribution in [2.75, 3.05) is 12.4 Å². The number of ether oxygens (including phenoxy) is 1. The van der Waals surface area contributed by atoms with Crippen LogP contribution in [0.4, 0.5) is 5.13 Å². The van der Waals surface area contributed by atoms with Crippen molar-refractivity contribution >= 4 is 28.3 Å². The first-order valence-corrected chi connectivity index (χ1v) is 7.93. The van der Waals surface area contributed by atoms with E-state index in [2.05, 4.69) is 15.6 Å². The molecule has 2 aromatic rings. The summed E-state index contributed by atoms with van der Waals surface area (Å²) in [5.41, 5.74) is 0.839. The average Bonchev–Trinajstić information content (AvgIpc) is 2.91. The van der Waals surface area contributed by atoms with Crippen molar-refractivity contribution in [2.45, 2.75) is 26.3 Å². The molecule has 0 bridgehead atoms. The quantitative estimate of drug-likeness (QED) is 0.852. The molecule has 1 unspecified atom stereocenters. The predicted octanol–water partition coefficient (Wildman–Crippen LogP) is 2.67. The molecule has 0 spiro atoms. The number of amides is 2. The van der Waals surface area contributed by atoms with Gasteiger partial charge in [0.05, 0.1) is 19.6 Å². The molecule has 1 aromatic carbocycles. The van der Waals surface area contributed by atoms with Gasteiger partial charge in [-0.25, -0.2) is 4.98 Å². The van der Waals surface area contributed by atoms with E-state index >= 15 is 0 Å². The molecule has 2 amide bonds. The number of carbonyl (C=O) groups is 2. The number of thiazole rings is 1. The van der Waals surface area contributed by atoms with E-state index < -0.39 is 6.04 Å². The topological polar surface area (TPSA) is 80.3 Å². The molecule has 0 saturated heterocycles. The van der Waals surface area contributed by atoms with Crippen LogP contribution in [-0.4, -0.2) is 23.9 Å². The van der Waals surface area contributed by atoms with Crippen LogP contribution in [0, 0.1) is 6.92 Å². The second-order valence-electron chi connectivity index (χ2n) is 5.05. The van der Waals surface area contributed by atoms with Crippen LogP contribution in [-0.2, 0) is 9.59 Å². The van der Waals surface area contributed by atoms with E-state index in [9.17, 15) is 9.59 Å². The molecule has 0 aliphatic heterocycles. The molecule has 23 heavy (non-hydrogen) atoms. The lowest BCUT2D eigenvalue weighted by Gasteiger charge is -2.18. The van der Waals surface area contributed by atoms with E-state index in [-0.39, 0.29) is 18.2 Å². The van der Waals surface area contributed by atoms with E-state index in [1.165, 1.54) is 18.3 Å². The van der Waals surface area contributed by atoms with E-state index in [0.29, 0.717) is 5.13 Å². The van der Waals surface area contributed by atoms with Gasteiger partial charge in [-0.05, 0) is 24.6 Å². The monoisotopic (exact) mass is 333 g/mol. The normalized spacial score (nSPS) is 11.6. The molecule has 122 valence electrons. The highest BCUT2D eigenvalue weighted by atomic mass is 32.1. The summed E-state index contributed by atoms with van der Waals surface area (Å²) in [7, 11) is 1.59. The van der Waals surface area contributed by atoms with Crippen LogP contribution in [0.3, 0.4) is 0 Å². The van der Waals surface area contributed by atoms with Crippen LogP contribution in [0.15, 0.2) is 30.5 Å². The number of carbonyl (C=O) groups excluding carboxylic acids is 2. The summed E-state index contributed by atoms with van der Waals surface area (Å²) in [6.45, 7) is 3.35. The predicted molar refractivity (Wildman–Crippen MR) is 89.6 cm³/mol. The van der Waals surface area contributed by atoms with Crippen molar-refractivity contribution in [3.05, 3.63) is 40.9 Å². The summed E-state index contributed by atoms with van der Waals surface area (Å²) < 4.78 is 5.12. The van der Waals surface area contributed by atoms with E-state index in [1.54, 1.807) is 25.4 Å². The third-order valence-electron chi connectivity index (χ3n) is 3.15. The van der Waals surface area contributed by atoms with Gasteiger partial charge in [0.1, 0.15) is 5.75 Å². The summed E-state index contributed by atoms with van der Waals surface area (Å²) in [4.78, 5) is 28.7. The minimum absolute atomic E-state index is 0.130. The Bertz CT molecular complexity index is 682. The fourth-order valence-electron chi connectivity index (χ4n) is 2.10. The van der Waals surface area contributed by atoms with Gasteiger partial charge in [0.15, 0.2) is 5.13 Å². The summed E-state index contributed by atoms with van der Waals surface area (Å²) >= 11 is 1.41. The Morgan fingerprint density at radius 2 is 2.00 bits per heavy atom. The Kier molecular flexibility index (Phi) is 5.70. The SMILES string of the molecule is COc1ccc(C(CC(=O)Nc2ncc(C)s2)NC(C)=O)cc1. The molecule has 2 rings (SSSR count). The molecule has 0 radical (unpaired) electrons. The lowest BCUT2D eigenvalue weighted by atomic mass is 10.0. The highest BCUT2D eigenvalue weighted by Crippen LogP contribution is 2.22. The van der Waals surface area contributed by atoms with Crippen molar-refractivity contribution in [1.82, 2.24) is 10.3 Å². The number of aryl methyl sites for hydroxylation is 1. The molecule has 6 nitrogen and oxygen atoms in total. The van der Waals surface area contributed by atoms with Gasteiger partial charge in [0.25, 0.3) is 0 Å². The summed E-state index contributed by atoms with van der Waals surface area (Å²) in [5.74, 6) is 0.329. The molecule has 0 saturated carbocycles. The Labute approximate surface area is 138 Å². The molecule has 0 fully saturated rings. The number of hydrogen-bond donors (Lipinski definition) is 2. The third-order valence-corrected chi connectivity index (χ3v) is 3.98. The molecule has 2 N–H and O–H groups in total. The number of hydrogen-bond acceptors (Lipinski definition) is 5. The minimum atomic E-state index is -0.403. The van der Waals surface area contributed by atoms with Crippen LogP contribution < -0.4 is 15.4 Å². The van der Waals surface area contributed by atoms with Crippen LogP contribution in [0.5, 0.6) is 5.75 Å². The van der Waals surface area contributed by atoms with Crippen LogP contribution >= 0.6 is 11.3 Å². The second kappa shape index (κ2) is 7.73. The number of nitrogens with one attached hydrogen (secondary N) is 2. The number of benzene rings is 1. The van der Waals surface area contributed by atoms with Gasteiger partial charge in [0, 0.05) is 18.0 Å². The zero-order valence-electron chi connectivity index (χ0n) is 13.3. The first-order chi connectivity index (χ1) is 11.0. The van der Waals surface area contributed by atoms with Crippen molar-refractivity contribution in [1.29, 1.82) is 0 Å². The lowest BCUT2D eigenvalue weighted by Crippen LogP contribution is -2.29.